The number of H-pyrrole nitrogens is 1. The van der Waals surface area contributed by atoms with E-state index >= 15 is 0 Å². The first-order valence-corrected chi connectivity index (χ1v) is 4.64. The zero-order valence-corrected chi connectivity index (χ0v) is 7.71. The van der Waals surface area contributed by atoms with Crippen molar-refractivity contribution in [3.63, 3.8) is 0 Å². The topological polar surface area (TPSA) is 68.7 Å². The second kappa shape index (κ2) is 3.64. The van der Waals surface area contributed by atoms with Crippen molar-refractivity contribution in [2.45, 2.75) is 12.3 Å². The summed E-state index contributed by atoms with van der Waals surface area (Å²) in [6.45, 7) is 1.93. The largest absolute Gasteiger partial charge is 0.328 e. The van der Waals surface area contributed by atoms with Crippen LogP contribution in [0.25, 0.3) is 0 Å². The lowest BCUT2D eigenvalue weighted by atomic mass is 9.99. The van der Waals surface area contributed by atoms with Crippen LogP contribution in [0, 0.1) is 11.3 Å². The Morgan fingerprint density at radius 1 is 1.57 bits per heavy atom. The van der Waals surface area contributed by atoms with E-state index in [9.17, 15) is 4.79 Å². The minimum absolute atomic E-state index is 0.203. The van der Waals surface area contributed by atoms with Gasteiger partial charge in [0.05, 0.1) is 0 Å². The highest BCUT2D eigenvalue weighted by molar-refractivity contribution is 5.31. The minimum atomic E-state index is -0.304. The lowest BCUT2D eigenvalue weighted by Crippen LogP contribution is -2.13. The number of nitrogens with one attached hydrogen (secondary N) is 2. The highest BCUT2D eigenvalue weighted by Gasteiger charge is 2.17. The number of aromatic nitrogens is 1. The molecular formula is C10H11N3O. The van der Waals surface area contributed by atoms with Gasteiger partial charge in [-0.3, -0.25) is 4.79 Å². The summed E-state index contributed by atoms with van der Waals surface area (Å²) in [7, 11) is 0. The van der Waals surface area contributed by atoms with Crippen LogP contribution in [0.3, 0.4) is 0 Å². The Bertz CT molecular complexity index is 424. The van der Waals surface area contributed by atoms with E-state index in [4.69, 9.17) is 5.26 Å². The number of hydrogen-bond donors (Lipinski definition) is 2. The monoisotopic (exact) mass is 189 g/mol. The molecule has 1 aliphatic rings. The predicted molar refractivity (Wildman–Crippen MR) is 52.0 cm³/mol. The quantitative estimate of drug-likeness (QED) is 0.668. The van der Waals surface area contributed by atoms with Crippen LogP contribution in [0.2, 0.25) is 0 Å². The standard InChI is InChI=1S/C10H11N3O/c11-4-8-3-9(6-13-10(8)14)7-1-2-12-5-7/h3,6-7,12H,1-2,5H2,(H,13,14). The summed E-state index contributed by atoms with van der Waals surface area (Å²) in [6.07, 6.45) is 2.78. The SMILES string of the molecule is N#Cc1cc(C2CCNC2)c[nH]c1=O. The predicted octanol–water partition coefficient (Wildman–Crippen LogP) is 0.323. The smallest absolute Gasteiger partial charge is 0.265 e. The van der Waals surface area contributed by atoms with E-state index in [1.165, 1.54) is 0 Å². The number of aromatic amines is 1. The van der Waals surface area contributed by atoms with Gasteiger partial charge >= 0.3 is 0 Å². The molecule has 0 saturated carbocycles. The molecule has 2 N–H and O–H groups in total. The molecule has 72 valence electrons. The van der Waals surface area contributed by atoms with Crippen molar-refractivity contribution in [3.8, 4) is 6.07 Å². The van der Waals surface area contributed by atoms with E-state index in [2.05, 4.69) is 10.3 Å². The molecule has 0 amide bonds. The fourth-order valence-corrected chi connectivity index (χ4v) is 1.76. The van der Waals surface area contributed by atoms with Gasteiger partial charge in [0.1, 0.15) is 11.6 Å². The Balaban J connectivity index is 2.36. The van der Waals surface area contributed by atoms with Crippen LogP contribution in [-0.2, 0) is 0 Å². The summed E-state index contributed by atoms with van der Waals surface area (Å²) in [5.74, 6) is 0.430. The Morgan fingerprint density at radius 2 is 2.43 bits per heavy atom. The molecule has 1 atom stereocenters. The van der Waals surface area contributed by atoms with Crippen molar-refractivity contribution in [2.24, 2.45) is 0 Å². The maximum absolute atomic E-state index is 11.1. The lowest BCUT2D eigenvalue weighted by Gasteiger charge is -2.07. The highest BCUT2D eigenvalue weighted by atomic mass is 16.1. The van der Waals surface area contributed by atoms with Crippen molar-refractivity contribution in [1.82, 2.24) is 10.3 Å². The number of nitrogens with zero attached hydrogens (tertiary/aromatic N) is 1. The van der Waals surface area contributed by atoms with Gasteiger partial charge in [-0.2, -0.15) is 5.26 Å². The molecule has 0 radical (unpaired) electrons. The normalized spacial score (nSPS) is 20.6. The van der Waals surface area contributed by atoms with Crippen LogP contribution in [0.5, 0.6) is 0 Å². The Kier molecular flexibility index (Phi) is 2.33. The van der Waals surface area contributed by atoms with Gasteiger partial charge in [-0.1, -0.05) is 0 Å². The van der Waals surface area contributed by atoms with Crippen LogP contribution in [0.1, 0.15) is 23.5 Å². The number of nitriles is 1. The van der Waals surface area contributed by atoms with Gasteiger partial charge < -0.3 is 10.3 Å². The molecule has 1 saturated heterocycles. The van der Waals surface area contributed by atoms with E-state index in [1.807, 2.05) is 6.07 Å². The molecule has 4 heteroatoms. The Hall–Kier alpha value is -1.60. The van der Waals surface area contributed by atoms with E-state index in [0.29, 0.717) is 5.92 Å². The molecule has 4 nitrogen and oxygen atoms in total. The summed E-state index contributed by atoms with van der Waals surface area (Å²) in [5, 5.41) is 11.9. The van der Waals surface area contributed by atoms with Crippen LogP contribution in [0.15, 0.2) is 17.1 Å². The molecule has 0 spiro atoms. The first-order chi connectivity index (χ1) is 6.81. The van der Waals surface area contributed by atoms with Gasteiger partial charge in [0.15, 0.2) is 0 Å². The van der Waals surface area contributed by atoms with Gasteiger partial charge in [0, 0.05) is 12.7 Å². The van der Waals surface area contributed by atoms with Gasteiger partial charge in [0.25, 0.3) is 5.56 Å². The molecule has 1 aromatic heterocycles. The van der Waals surface area contributed by atoms with E-state index in [-0.39, 0.29) is 11.1 Å². The number of rotatable bonds is 1. The average molecular weight is 189 g/mol. The Morgan fingerprint density at radius 3 is 3.07 bits per heavy atom. The summed E-state index contributed by atoms with van der Waals surface area (Å²) in [4.78, 5) is 13.7. The molecule has 2 rings (SSSR count). The molecule has 1 aliphatic heterocycles. The number of hydrogen-bond acceptors (Lipinski definition) is 3. The second-order valence-electron chi connectivity index (χ2n) is 3.48. The van der Waals surface area contributed by atoms with Crippen LogP contribution < -0.4 is 10.9 Å². The van der Waals surface area contributed by atoms with Crippen molar-refractivity contribution in [1.29, 1.82) is 5.26 Å². The Labute approximate surface area is 81.6 Å². The zero-order valence-electron chi connectivity index (χ0n) is 7.71. The molecular weight excluding hydrogens is 178 g/mol. The molecule has 14 heavy (non-hydrogen) atoms. The molecule has 2 heterocycles. The minimum Gasteiger partial charge on any atom is -0.328 e. The zero-order chi connectivity index (χ0) is 9.97. The van der Waals surface area contributed by atoms with Crippen molar-refractivity contribution < 1.29 is 0 Å². The molecule has 1 fully saturated rings. The van der Waals surface area contributed by atoms with Crippen LogP contribution in [-0.4, -0.2) is 18.1 Å². The molecule has 0 aromatic carbocycles. The third-order valence-corrected chi connectivity index (χ3v) is 2.58. The molecule has 1 unspecified atom stereocenters. The summed E-state index contributed by atoms with van der Waals surface area (Å²) >= 11 is 0. The molecule has 1 aromatic rings. The van der Waals surface area contributed by atoms with E-state index in [1.54, 1.807) is 12.3 Å². The van der Waals surface area contributed by atoms with Crippen LogP contribution in [0.4, 0.5) is 0 Å². The highest BCUT2D eigenvalue weighted by Crippen LogP contribution is 2.20. The fourth-order valence-electron chi connectivity index (χ4n) is 1.76. The fraction of sp³-hybridized carbons (Fsp3) is 0.400. The average Bonchev–Trinajstić information content (AvgIpc) is 2.71. The van der Waals surface area contributed by atoms with Crippen molar-refractivity contribution >= 4 is 0 Å². The van der Waals surface area contributed by atoms with E-state index < -0.39 is 0 Å². The third-order valence-electron chi connectivity index (χ3n) is 2.58. The van der Waals surface area contributed by atoms with Gasteiger partial charge in [-0.25, -0.2) is 0 Å². The summed E-state index contributed by atoms with van der Waals surface area (Å²) in [5.41, 5.74) is 0.947. The summed E-state index contributed by atoms with van der Waals surface area (Å²) in [6, 6.07) is 3.59. The maximum atomic E-state index is 11.1. The first-order valence-electron chi connectivity index (χ1n) is 4.64. The van der Waals surface area contributed by atoms with Crippen LogP contribution >= 0.6 is 0 Å². The van der Waals surface area contributed by atoms with Gasteiger partial charge in [-0.05, 0) is 30.5 Å². The molecule has 0 aliphatic carbocycles. The van der Waals surface area contributed by atoms with Crippen molar-refractivity contribution in [3.05, 3.63) is 33.7 Å². The first kappa shape index (κ1) is 8.97. The summed E-state index contributed by atoms with van der Waals surface area (Å²) < 4.78 is 0. The van der Waals surface area contributed by atoms with Gasteiger partial charge in [-0.15, -0.1) is 0 Å². The van der Waals surface area contributed by atoms with Crippen molar-refractivity contribution in [2.75, 3.05) is 13.1 Å². The third kappa shape index (κ3) is 1.54. The second-order valence-corrected chi connectivity index (χ2v) is 3.48. The molecule has 0 bridgehead atoms. The number of pyridine rings is 1. The lowest BCUT2D eigenvalue weighted by molar-refractivity contribution is 0.757. The van der Waals surface area contributed by atoms with E-state index in [0.717, 1.165) is 25.1 Å². The maximum Gasteiger partial charge on any atom is 0.265 e. The van der Waals surface area contributed by atoms with Gasteiger partial charge in [0.2, 0.25) is 0 Å².